The fourth-order valence-corrected chi connectivity index (χ4v) is 5.89. The van der Waals surface area contributed by atoms with Crippen molar-refractivity contribution in [2.75, 3.05) is 47.4 Å². The number of hydrogen-bond acceptors (Lipinski definition) is 8. The number of hydrogen-bond donors (Lipinski definition) is 4. The van der Waals surface area contributed by atoms with Crippen LogP contribution in [-0.2, 0) is 9.59 Å². The lowest BCUT2D eigenvalue weighted by atomic mass is 10.1. The zero-order valence-corrected chi connectivity index (χ0v) is 29.9. The third kappa shape index (κ3) is 14.2. The van der Waals surface area contributed by atoms with Gasteiger partial charge in [-0.3, -0.25) is 19.6 Å². The maximum Gasteiger partial charge on any atom is 0.323 e. The fraction of sp³-hybridized carbons (Fsp3) is 0.350. The maximum atomic E-state index is 13.9. The van der Waals surface area contributed by atoms with E-state index in [1.165, 1.54) is 50.5 Å². The van der Waals surface area contributed by atoms with Crippen LogP contribution < -0.4 is 30.7 Å². The molecule has 0 spiro atoms. The molecular formula is C40H50F2N8O6. The number of halogens is 2. The lowest BCUT2D eigenvalue weighted by Crippen LogP contribution is -2.43. The first-order valence-corrected chi connectivity index (χ1v) is 17.4. The molecule has 0 bridgehead atoms. The predicted molar refractivity (Wildman–Crippen MR) is 212 cm³/mol. The van der Waals surface area contributed by atoms with E-state index in [2.05, 4.69) is 31.2 Å². The average Bonchev–Trinajstić information content (AvgIpc) is 3.12. The Balaban J connectivity index is 0.000000290. The van der Waals surface area contributed by atoms with Crippen molar-refractivity contribution in [2.24, 2.45) is 0 Å². The van der Waals surface area contributed by atoms with E-state index in [9.17, 15) is 28.0 Å². The molecule has 2 atom stereocenters. The first-order valence-electron chi connectivity index (χ1n) is 17.4. The van der Waals surface area contributed by atoms with E-state index in [1.807, 2.05) is 0 Å². The number of piperidine rings is 2. The van der Waals surface area contributed by atoms with Crippen LogP contribution in [0.15, 0.2) is 85.5 Å². The SMILES string of the molecule is C.C.CC(=O)N1CCC[C@@H](Oc2cc(F)cc(NC(=O)Nc3cccnc3)c2)C1.CC(=O)N1CCC[C@@H](Oc2cc(F)cc(NC(=O)Nc3cccnc3)c2)C1. The van der Waals surface area contributed by atoms with Gasteiger partial charge in [0.15, 0.2) is 0 Å². The molecule has 2 aliphatic rings. The zero-order chi connectivity index (χ0) is 38.5. The third-order valence-electron chi connectivity index (χ3n) is 8.35. The van der Waals surface area contributed by atoms with Crippen molar-refractivity contribution in [3.63, 3.8) is 0 Å². The summed E-state index contributed by atoms with van der Waals surface area (Å²) >= 11 is 0. The van der Waals surface area contributed by atoms with Crippen LogP contribution in [0, 0.1) is 11.6 Å². The Morgan fingerprint density at radius 2 is 1.02 bits per heavy atom. The number of ether oxygens (including phenoxy) is 2. The molecule has 0 saturated carbocycles. The molecule has 56 heavy (non-hydrogen) atoms. The maximum absolute atomic E-state index is 13.9. The van der Waals surface area contributed by atoms with Crippen molar-refractivity contribution in [3.8, 4) is 11.5 Å². The molecule has 6 amide bonds. The van der Waals surface area contributed by atoms with Gasteiger partial charge in [0.25, 0.3) is 0 Å². The third-order valence-corrected chi connectivity index (χ3v) is 8.35. The van der Waals surface area contributed by atoms with E-state index in [4.69, 9.17) is 9.47 Å². The van der Waals surface area contributed by atoms with Crippen LogP contribution in [0.3, 0.4) is 0 Å². The zero-order valence-electron chi connectivity index (χ0n) is 29.9. The number of carbonyl (C=O) groups excluding carboxylic acids is 4. The molecule has 300 valence electrons. The number of nitrogens with one attached hydrogen (secondary N) is 4. The summed E-state index contributed by atoms with van der Waals surface area (Å²) in [5.41, 5.74) is 1.58. The molecule has 2 saturated heterocycles. The van der Waals surface area contributed by atoms with Gasteiger partial charge in [-0.2, -0.15) is 0 Å². The van der Waals surface area contributed by atoms with Crippen LogP contribution in [0.5, 0.6) is 11.5 Å². The highest BCUT2D eigenvalue weighted by molar-refractivity contribution is 6.00. The fourth-order valence-electron chi connectivity index (χ4n) is 5.89. The Labute approximate surface area is 326 Å². The van der Waals surface area contributed by atoms with Crippen molar-refractivity contribution in [1.29, 1.82) is 0 Å². The summed E-state index contributed by atoms with van der Waals surface area (Å²) in [5.74, 6) is -0.440. The second-order valence-corrected chi connectivity index (χ2v) is 12.7. The van der Waals surface area contributed by atoms with E-state index in [-0.39, 0.29) is 50.3 Å². The number of likely N-dealkylation sites (tertiary alicyclic amines) is 2. The second kappa shape index (κ2) is 21.5. The van der Waals surface area contributed by atoms with Crippen LogP contribution in [0.1, 0.15) is 54.4 Å². The number of amides is 6. The minimum Gasteiger partial charge on any atom is -0.488 e. The van der Waals surface area contributed by atoms with Gasteiger partial charge in [0.1, 0.15) is 35.3 Å². The second-order valence-electron chi connectivity index (χ2n) is 12.7. The van der Waals surface area contributed by atoms with Crippen LogP contribution >= 0.6 is 0 Å². The number of benzene rings is 2. The summed E-state index contributed by atoms with van der Waals surface area (Å²) in [6.07, 6.45) is 9.01. The summed E-state index contributed by atoms with van der Waals surface area (Å²) in [6, 6.07) is 13.8. The normalized spacial score (nSPS) is 15.9. The topological polar surface area (TPSA) is 167 Å². The number of carbonyl (C=O) groups is 4. The van der Waals surface area contributed by atoms with E-state index in [0.717, 1.165) is 25.7 Å². The van der Waals surface area contributed by atoms with Crippen molar-refractivity contribution in [1.82, 2.24) is 19.8 Å². The van der Waals surface area contributed by atoms with Crippen LogP contribution in [0.2, 0.25) is 0 Å². The monoisotopic (exact) mass is 776 g/mol. The minimum absolute atomic E-state index is 0. The minimum atomic E-state index is -0.525. The molecule has 6 rings (SSSR count). The number of urea groups is 2. The highest BCUT2D eigenvalue weighted by Crippen LogP contribution is 2.26. The van der Waals surface area contributed by atoms with Gasteiger partial charge in [-0.1, -0.05) is 14.9 Å². The summed E-state index contributed by atoms with van der Waals surface area (Å²) in [6.45, 7) is 5.40. The summed E-state index contributed by atoms with van der Waals surface area (Å²) < 4.78 is 39.6. The molecule has 2 aromatic carbocycles. The van der Waals surface area contributed by atoms with Crippen molar-refractivity contribution in [2.45, 2.75) is 66.6 Å². The summed E-state index contributed by atoms with van der Waals surface area (Å²) in [7, 11) is 0. The van der Waals surface area contributed by atoms with E-state index in [0.29, 0.717) is 49.1 Å². The number of anilines is 4. The molecule has 2 fully saturated rings. The van der Waals surface area contributed by atoms with Crippen LogP contribution in [-0.4, -0.2) is 82.0 Å². The Bertz CT molecular complexity index is 1770. The van der Waals surface area contributed by atoms with Gasteiger partial charge >= 0.3 is 12.1 Å². The molecule has 2 aliphatic heterocycles. The number of pyridine rings is 2. The van der Waals surface area contributed by atoms with Gasteiger partial charge in [0, 0.05) is 75.0 Å². The van der Waals surface area contributed by atoms with Gasteiger partial charge in [-0.05, 0) is 62.1 Å². The molecule has 16 heteroatoms. The lowest BCUT2D eigenvalue weighted by molar-refractivity contribution is -0.132. The van der Waals surface area contributed by atoms with E-state index in [1.54, 1.807) is 58.6 Å². The Morgan fingerprint density at radius 1 is 0.625 bits per heavy atom. The molecule has 4 heterocycles. The van der Waals surface area contributed by atoms with Gasteiger partial charge in [0.05, 0.1) is 36.9 Å². The standard InChI is InChI=1S/2C19H21FN4O3.2CH4/c2*1-13(25)24-7-3-5-17(12-24)27-18-9-14(20)8-16(10-18)23-19(26)22-15-4-2-6-21-11-15;;/h2*2,4,6,8-11,17H,3,5,7,12H2,1H3,(H2,22,23,26);2*1H4/t2*17-;;/m11../s1. The van der Waals surface area contributed by atoms with Crippen LogP contribution in [0.4, 0.5) is 41.1 Å². The van der Waals surface area contributed by atoms with Gasteiger partial charge in [-0.25, -0.2) is 18.4 Å². The quantitative estimate of drug-likeness (QED) is 0.141. The Hall–Kier alpha value is -6.32. The van der Waals surface area contributed by atoms with E-state index >= 15 is 0 Å². The molecule has 0 unspecified atom stereocenters. The van der Waals surface area contributed by atoms with E-state index < -0.39 is 23.7 Å². The van der Waals surface area contributed by atoms with Crippen LogP contribution in [0.25, 0.3) is 0 Å². The lowest BCUT2D eigenvalue weighted by Gasteiger charge is -2.32. The predicted octanol–water partition coefficient (Wildman–Crippen LogP) is 7.78. The van der Waals surface area contributed by atoms with Gasteiger partial charge in [0.2, 0.25) is 11.8 Å². The molecule has 4 N–H and O–H groups in total. The number of nitrogens with zero attached hydrogens (tertiary/aromatic N) is 4. The molecule has 0 aliphatic carbocycles. The number of rotatable bonds is 8. The molecule has 2 aromatic heterocycles. The first kappa shape index (κ1) is 44.1. The first-order chi connectivity index (χ1) is 26.0. The van der Waals surface area contributed by atoms with Crippen molar-refractivity contribution < 1.29 is 37.4 Å². The largest absolute Gasteiger partial charge is 0.488 e. The highest BCUT2D eigenvalue weighted by Gasteiger charge is 2.24. The molecule has 4 aromatic rings. The summed E-state index contributed by atoms with van der Waals surface area (Å²) in [5, 5.41) is 10.4. The van der Waals surface area contributed by atoms with Gasteiger partial charge in [-0.15, -0.1) is 0 Å². The van der Waals surface area contributed by atoms with Crippen molar-refractivity contribution >= 4 is 46.6 Å². The summed E-state index contributed by atoms with van der Waals surface area (Å²) in [4.78, 5) is 58.4. The Kier molecular flexibility index (Phi) is 17.0. The smallest absolute Gasteiger partial charge is 0.323 e. The molecular weight excluding hydrogens is 726 g/mol. The number of aromatic nitrogens is 2. The van der Waals surface area contributed by atoms with Gasteiger partial charge < -0.3 is 40.5 Å². The van der Waals surface area contributed by atoms with Crippen molar-refractivity contribution in [3.05, 3.63) is 97.1 Å². The average molecular weight is 777 g/mol. The highest BCUT2D eigenvalue weighted by atomic mass is 19.1. The molecule has 0 radical (unpaired) electrons. The Morgan fingerprint density at radius 3 is 1.38 bits per heavy atom. The molecule has 14 nitrogen and oxygen atoms in total.